The average Bonchev–Trinajstić information content (AvgIpc) is 2.76. The number of nitrogens with zero attached hydrogens (tertiary/aromatic N) is 1. The molecule has 2 rings (SSSR count). The van der Waals surface area contributed by atoms with Gasteiger partial charge in [-0.3, -0.25) is 0 Å². The topological polar surface area (TPSA) is 66.7 Å². The number of hydrogen-bond acceptors (Lipinski definition) is 3. The molecule has 1 aromatic carbocycles. The molecule has 0 amide bonds. The molecule has 4 N–H and O–H groups in total. The van der Waals surface area contributed by atoms with Gasteiger partial charge in [0.1, 0.15) is 0 Å². The zero-order valence-corrected chi connectivity index (χ0v) is 11.3. The molecule has 1 heterocycles. The average molecular weight is 246 g/mol. The molecule has 4 heteroatoms. The van der Waals surface area contributed by atoms with Crippen molar-refractivity contribution in [3.8, 4) is 0 Å². The van der Waals surface area contributed by atoms with Crippen LogP contribution in [0.5, 0.6) is 0 Å². The summed E-state index contributed by atoms with van der Waals surface area (Å²) in [4.78, 5) is 7.41. The summed E-state index contributed by atoms with van der Waals surface area (Å²) in [5, 5.41) is 3.41. The second-order valence-corrected chi connectivity index (χ2v) is 5.43. The molecule has 0 aliphatic rings. The Hall–Kier alpha value is -1.39. The lowest BCUT2D eigenvalue weighted by molar-refractivity contribution is 0.239. The minimum atomic E-state index is 0.122. The smallest absolute Gasteiger partial charge is 0.0931 e. The van der Waals surface area contributed by atoms with Crippen LogP contribution in [0.15, 0.2) is 24.5 Å². The predicted molar refractivity (Wildman–Crippen MR) is 75.3 cm³/mol. The maximum Gasteiger partial charge on any atom is 0.0931 e. The first-order valence-electron chi connectivity index (χ1n) is 6.39. The lowest BCUT2D eigenvalue weighted by Gasteiger charge is -2.34. The van der Waals surface area contributed by atoms with Gasteiger partial charge in [-0.1, -0.05) is 19.9 Å². The molecule has 1 atom stereocenters. The SMILES string of the molecule is CNC(c1ccc2nc[nH]c2c1)C(C)(C)CCN. The van der Waals surface area contributed by atoms with E-state index in [1.54, 1.807) is 6.33 Å². The molecule has 0 aliphatic heterocycles. The summed E-state index contributed by atoms with van der Waals surface area (Å²) >= 11 is 0. The van der Waals surface area contributed by atoms with Gasteiger partial charge in [-0.2, -0.15) is 0 Å². The van der Waals surface area contributed by atoms with E-state index in [0.29, 0.717) is 6.54 Å². The van der Waals surface area contributed by atoms with Crippen molar-refractivity contribution >= 4 is 11.0 Å². The number of fused-ring (bicyclic) bond motifs is 1. The number of hydrogen-bond donors (Lipinski definition) is 3. The summed E-state index contributed by atoms with van der Waals surface area (Å²) in [7, 11) is 2.00. The van der Waals surface area contributed by atoms with Crippen LogP contribution in [0.1, 0.15) is 31.9 Å². The van der Waals surface area contributed by atoms with Crippen LogP contribution in [0.25, 0.3) is 11.0 Å². The Balaban J connectivity index is 2.36. The van der Waals surface area contributed by atoms with Gasteiger partial charge in [-0.25, -0.2) is 4.98 Å². The predicted octanol–water partition coefficient (Wildman–Crippen LogP) is 2.20. The highest BCUT2D eigenvalue weighted by atomic mass is 14.9. The number of aromatic amines is 1. The standard InChI is InChI=1S/C14H22N4/c1-14(2,6-7-15)13(16-3)10-4-5-11-12(8-10)18-9-17-11/h4-5,8-9,13,16H,6-7,15H2,1-3H3,(H,17,18). The summed E-state index contributed by atoms with van der Waals surface area (Å²) in [6.45, 7) is 5.20. The van der Waals surface area contributed by atoms with Gasteiger partial charge in [0, 0.05) is 6.04 Å². The Kier molecular flexibility index (Phi) is 3.68. The highest BCUT2D eigenvalue weighted by Crippen LogP contribution is 2.36. The minimum Gasteiger partial charge on any atom is -0.345 e. The third-order valence-corrected chi connectivity index (χ3v) is 3.64. The molecular weight excluding hydrogens is 224 g/mol. The molecule has 2 aromatic rings. The van der Waals surface area contributed by atoms with Gasteiger partial charge in [0.05, 0.1) is 17.4 Å². The first kappa shape index (κ1) is 13.1. The van der Waals surface area contributed by atoms with Gasteiger partial charge in [0.25, 0.3) is 0 Å². The molecule has 0 radical (unpaired) electrons. The molecular formula is C14H22N4. The van der Waals surface area contributed by atoms with Crippen molar-refractivity contribution in [1.82, 2.24) is 15.3 Å². The van der Waals surface area contributed by atoms with Crippen molar-refractivity contribution in [1.29, 1.82) is 0 Å². The van der Waals surface area contributed by atoms with Crippen LogP contribution >= 0.6 is 0 Å². The molecule has 0 saturated carbocycles. The van der Waals surface area contributed by atoms with Crippen LogP contribution in [0.3, 0.4) is 0 Å². The number of rotatable bonds is 5. The Labute approximate surface area is 108 Å². The van der Waals surface area contributed by atoms with E-state index < -0.39 is 0 Å². The summed E-state index contributed by atoms with van der Waals surface area (Å²) in [6, 6.07) is 6.66. The molecule has 0 aliphatic carbocycles. The van der Waals surface area contributed by atoms with Crippen molar-refractivity contribution in [3.63, 3.8) is 0 Å². The fraction of sp³-hybridized carbons (Fsp3) is 0.500. The van der Waals surface area contributed by atoms with Gasteiger partial charge in [0.2, 0.25) is 0 Å². The van der Waals surface area contributed by atoms with Crippen molar-refractivity contribution in [2.45, 2.75) is 26.3 Å². The second kappa shape index (κ2) is 5.08. The van der Waals surface area contributed by atoms with Gasteiger partial charge in [-0.05, 0) is 43.1 Å². The van der Waals surface area contributed by atoms with Crippen LogP contribution < -0.4 is 11.1 Å². The van der Waals surface area contributed by atoms with E-state index in [2.05, 4.69) is 47.3 Å². The van der Waals surface area contributed by atoms with E-state index in [0.717, 1.165) is 17.5 Å². The quantitative estimate of drug-likeness (QED) is 0.757. The van der Waals surface area contributed by atoms with E-state index in [1.807, 2.05) is 7.05 Å². The van der Waals surface area contributed by atoms with Gasteiger partial charge in [0.15, 0.2) is 0 Å². The lowest BCUT2D eigenvalue weighted by Crippen LogP contribution is -2.33. The molecule has 0 spiro atoms. The van der Waals surface area contributed by atoms with Crippen LogP contribution in [0.4, 0.5) is 0 Å². The maximum absolute atomic E-state index is 5.72. The van der Waals surface area contributed by atoms with Crippen molar-refractivity contribution in [2.75, 3.05) is 13.6 Å². The van der Waals surface area contributed by atoms with Crippen LogP contribution in [0.2, 0.25) is 0 Å². The monoisotopic (exact) mass is 246 g/mol. The van der Waals surface area contributed by atoms with Crippen LogP contribution in [0, 0.1) is 5.41 Å². The fourth-order valence-electron chi connectivity index (χ4n) is 2.66. The van der Waals surface area contributed by atoms with E-state index in [1.165, 1.54) is 5.56 Å². The first-order valence-corrected chi connectivity index (χ1v) is 6.39. The zero-order chi connectivity index (χ0) is 13.2. The summed E-state index contributed by atoms with van der Waals surface area (Å²) in [6.07, 6.45) is 2.72. The van der Waals surface area contributed by atoms with Gasteiger partial charge >= 0.3 is 0 Å². The Bertz CT molecular complexity index is 515. The zero-order valence-electron chi connectivity index (χ0n) is 11.3. The highest BCUT2D eigenvalue weighted by Gasteiger charge is 2.29. The number of benzene rings is 1. The summed E-state index contributed by atoms with van der Waals surface area (Å²) < 4.78 is 0. The third-order valence-electron chi connectivity index (χ3n) is 3.64. The molecule has 0 bridgehead atoms. The second-order valence-electron chi connectivity index (χ2n) is 5.43. The van der Waals surface area contributed by atoms with Crippen LogP contribution in [-0.2, 0) is 0 Å². The minimum absolute atomic E-state index is 0.122. The fourth-order valence-corrected chi connectivity index (χ4v) is 2.66. The Morgan fingerprint density at radius 3 is 2.89 bits per heavy atom. The number of imidazole rings is 1. The van der Waals surface area contributed by atoms with Crippen molar-refractivity contribution in [2.24, 2.45) is 11.1 Å². The first-order chi connectivity index (χ1) is 8.58. The van der Waals surface area contributed by atoms with E-state index in [9.17, 15) is 0 Å². The van der Waals surface area contributed by atoms with Crippen molar-refractivity contribution < 1.29 is 0 Å². The van der Waals surface area contributed by atoms with Gasteiger partial charge in [-0.15, -0.1) is 0 Å². The molecule has 1 unspecified atom stereocenters. The van der Waals surface area contributed by atoms with Crippen LogP contribution in [-0.4, -0.2) is 23.6 Å². The summed E-state index contributed by atoms with van der Waals surface area (Å²) in [5.74, 6) is 0. The Morgan fingerprint density at radius 1 is 1.44 bits per heavy atom. The molecule has 0 saturated heterocycles. The lowest BCUT2D eigenvalue weighted by atomic mass is 9.78. The summed E-state index contributed by atoms with van der Waals surface area (Å²) in [5.41, 5.74) is 9.19. The normalized spacial score (nSPS) is 14.0. The molecule has 1 aromatic heterocycles. The third kappa shape index (κ3) is 2.40. The maximum atomic E-state index is 5.72. The van der Waals surface area contributed by atoms with E-state index in [4.69, 9.17) is 5.73 Å². The number of aromatic nitrogens is 2. The van der Waals surface area contributed by atoms with Crippen molar-refractivity contribution in [3.05, 3.63) is 30.1 Å². The largest absolute Gasteiger partial charge is 0.345 e. The molecule has 4 nitrogen and oxygen atoms in total. The highest BCUT2D eigenvalue weighted by molar-refractivity contribution is 5.75. The molecule has 0 fully saturated rings. The van der Waals surface area contributed by atoms with Gasteiger partial charge < -0.3 is 16.0 Å². The number of H-pyrrole nitrogens is 1. The molecule has 18 heavy (non-hydrogen) atoms. The van der Waals surface area contributed by atoms with E-state index in [-0.39, 0.29) is 11.5 Å². The Morgan fingerprint density at radius 2 is 2.22 bits per heavy atom. The van der Waals surface area contributed by atoms with E-state index >= 15 is 0 Å². The molecule has 98 valence electrons. The number of nitrogens with two attached hydrogens (primary N) is 1. The number of nitrogens with one attached hydrogen (secondary N) is 2.